The Morgan fingerprint density at radius 3 is 2.89 bits per heavy atom. The Hall–Kier alpha value is -3.03. The molecule has 0 saturated carbocycles. The van der Waals surface area contributed by atoms with Crippen LogP contribution in [0.4, 0.5) is 5.82 Å². The molecule has 0 bridgehead atoms. The topological polar surface area (TPSA) is 77.0 Å². The Bertz CT molecular complexity index is 829. The molecule has 0 unspecified atom stereocenters. The Labute approximate surface area is 157 Å². The Morgan fingerprint density at radius 2 is 2.07 bits per heavy atom. The van der Waals surface area contributed by atoms with E-state index >= 15 is 0 Å². The van der Waals surface area contributed by atoms with Crippen LogP contribution in [-0.4, -0.2) is 66.8 Å². The van der Waals surface area contributed by atoms with Gasteiger partial charge in [-0.05, 0) is 12.1 Å². The van der Waals surface area contributed by atoms with Gasteiger partial charge in [-0.1, -0.05) is 12.1 Å². The zero-order chi connectivity index (χ0) is 18.8. The number of para-hydroxylation sites is 2. The van der Waals surface area contributed by atoms with Crippen molar-refractivity contribution in [2.45, 2.75) is 18.6 Å². The molecule has 2 atom stereocenters. The van der Waals surface area contributed by atoms with Gasteiger partial charge in [0.15, 0.2) is 17.3 Å². The van der Waals surface area contributed by atoms with Gasteiger partial charge in [-0.2, -0.15) is 4.98 Å². The third-order valence-corrected chi connectivity index (χ3v) is 4.59. The fraction of sp³-hybridized carbons (Fsp3) is 0.421. The van der Waals surface area contributed by atoms with Gasteiger partial charge < -0.3 is 24.0 Å². The number of hydrogen-bond acceptors (Lipinski definition) is 7. The number of anilines is 1. The maximum Gasteiger partial charge on any atom is 0.267 e. The highest BCUT2D eigenvalue weighted by Crippen LogP contribution is 2.31. The van der Waals surface area contributed by atoms with Crippen molar-refractivity contribution in [2.24, 2.45) is 0 Å². The molecular weight excluding hydrogens is 348 g/mol. The van der Waals surface area contributed by atoms with E-state index < -0.39 is 6.10 Å². The molecule has 0 N–H and O–H groups in total. The van der Waals surface area contributed by atoms with Crippen molar-refractivity contribution in [1.82, 2.24) is 14.9 Å². The fourth-order valence-corrected chi connectivity index (χ4v) is 3.15. The Kier molecular flexibility index (Phi) is 4.70. The van der Waals surface area contributed by atoms with Crippen LogP contribution in [-0.2, 0) is 4.79 Å². The number of carbonyl (C=O) groups is 1. The van der Waals surface area contributed by atoms with Gasteiger partial charge >= 0.3 is 0 Å². The van der Waals surface area contributed by atoms with Crippen LogP contribution in [0.5, 0.6) is 17.4 Å². The summed E-state index contributed by atoms with van der Waals surface area (Å²) >= 11 is 0. The van der Waals surface area contributed by atoms with E-state index in [1.165, 1.54) is 0 Å². The van der Waals surface area contributed by atoms with Crippen molar-refractivity contribution >= 4 is 11.7 Å². The van der Waals surface area contributed by atoms with E-state index in [0.717, 1.165) is 12.2 Å². The number of rotatable bonds is 4. The number of nitrogens with zero attached hydrogens (tertiary/aromatic N) is 4. The van der Waals surface area contributed by atoms with Crippen LogP contribution in [0.25, 0.3) is 0 Å². The molecule has 2 aliphatic heterocycles. The predicted molar refractivity (Wildman–Crippen MR) is 98.3 cm³/mol. The second kappa shape index (κ2) is 7.30. The summed E-state index contributed by atoms with van der Waals surface area (Å²) in [5, 5.41) is 0. The van der Waals surface area contributed by atoms with E-state index in [2.05, 4.69) is 9.97 Å². The molecule has 1 amide bonds. The number of benzene rings is 1. The van der Waals surface area contributed by atoms with E-state index in [1.807, 2.05) is 37.2 Å². The molecule has 27 heavy (non-hydrogen) atoms. The third-order valence-electron chi connectivity index (χ3n) is 4.59. The minimum absolute atomic E-state index is 0.0799. The lowest BCUT2D eigenvalue weighted by atomic mass is 10.2. The lowest BCUT2D eigenvalue weighted by Crippen LogP contribution is -2.46. The Balaban J connectivity index is 1.36. The van der Waals surface area contributed by atoms with Crippen molar-refractivity contribution in [1.29, 1.82) is 0 Å². The summed E-state index contributed by atoms with van der Waals surface area (Å²) < 4.78 is 17.4. The van der Waals surface area contributed by atoms with Gasteiger partial charge in [0.05, 0.1) is 18.9 Å². The zero-order valence-corrected chi connectivity index (χ0v) is 15.4. The van der Waals surface area contributed by atoms with Crippen LogP contribution in [0.2, 0.25) is 0 Å². The van der Waals surface area contributed by atoms with E-state index in [1.54, 1.807) is 23.4 Å². The number of likely N-dealkylation sites (tertiary alicyclic amines) is 1. The summed E-state index contributed by atoms with van der Waals surface area (Å²) in [5.74, 6) is 2.38. The van der Waals surface area contributed by atoms with Crippen LogP contribution in [0, 0.1) is 0 Å². The standard InChI is InChI=1S/C19H22N4O4/c1-22(2)17-9-20-10-18(21-17)26-13-7-8-23(11-13)19(24)16-12-25-14-5-3-4-6-15(14)27-16/h3-6,9-10,13,16H,7-8,11-12H2,1-2H3/t13-,16-/m1/s1. The molecule has 1 fully saturated rings. The van der Waals surface area contributed by atoms with Crippen molar-refractivity contribution in [2.75, 3.05) is 38.7 Å². The monoisotopic (exact) mass is 370 g/mol. The lowest BCUT2D eigenvalue weighted by molar-refractivity contribution is -0.140. The highest BCUT2D eigenvalue weighted by atomic mass is 16.6. The molecule has 1 saturated heterocycles. The van der Waals surface area contributed by atoms with Crippen molar-refractivity contribution in [3.63, 3.8) is 0 Å². The number of carbonyl (C=O) groups excluding carboxylic acids is 1. The zero-order valence-electron chi connectivity index (χ0n) is 15.4. The average molecular weight is 370 g/mol. The second-order valence-corrected chi connectivity index (χ2v) is 6.79. The van der Waals surface area contributed by atoms with Gasteiger partial charge in [0.2, 0.25) is 12.0 Å². The van der Waals surface area contributed by atoms with Gasteiger partial charge in [-0.25, -0.2) is 0 Å². The van der Waals surface area contributed by atoms with Crippen LogP contribution in [0.15, 0.2) is 36.7 Å². The van der Waals surface area contributed by atoms with E-state index in [-0.39, 0.29) is 18.6 Å². The maximum absolute atomic E-state index is 12.8. The maximum atomic E-state index is 12.8. The van der Waals surface area contributed by atoms with Crippen molar-refractivity contribution in [3.05, 3.63) is 36.7 Å². The van der Waals surface area contributed by atoms with E-state index in [0.29, 0.717) is 30.5 Å². The Morgan fingerprint density at radius 1 is 1.26 bits per heavy atom. The number of amides is 1. The lowest BCUT2D eigenvalue weighted by Gasteiger charge is -2.28. The number of ether oxygens (including phenoxy) is 3. The molecule has 3 heterocycles. The predicted octanol–water partition coefficient (Wildman–Crippen LogP) is 1.36. The van der Waals surface area contributed by atoms with Gasteiger partial charge in [-0.15, -0.1) is 0 Å². The van der Waals surface area contributed by atoms with Gasteiger partial charge in [0.1, 0.15) is 12.7 Å². The summed E-state index contributed by atoms with van der Waals surface area (Å²) in [6, 6.07) is 7.37. The molecule has 8 nitrogen and oxygen atoms in total. The molecule has 142 valence electrons. The highest BCUT2D eigenvalue weighted by molar-refractivity contribution is 5.82. The normalized spacial score (nSPS) is 21.0. The van der Waals surface area contributed by atoms with Crippen LogP contribution in [0.3, 0.4) is 0 Å². The van der Waals surface area contributed by atoms with E-state index in [4.69, 9.17) is 14.2 Å². The number of hydrogen-bond donors (Lipinski definition) is 0. The molecular formula is C19H22N4O4. The molecule has 1 aromatic carbocycles. The SMILES string of the molecule is CN(C)c1cncc(O[C@@H]2CCN(C(=O)[C@H]3COc4ccccc4O3)C2)n1. The summed E-state index contributed by atoms with van der Waals surface area (Å²) in [6.07, 6.45) is 3.26. The average Bonchev–Trinajstić information content (AvgIpc) is 3.15. The quantitative estimate of drug-likeness (QED) is 0.804. The highest BCUT2D eigenvalue weighted by Gasteiger charge is 2.35. The minimum atomic E-state index is -0.629. The molecule has 4 rings (SSSR count). The summed E-state index contributed by atoms with van der Waals surface area (Å²) in [7, 11) is 3.79. The number of aromatic nitrogens is 2. The smallest absolute Gasteiger partial charge is 0.267 e. The van der Waals surface area contributed by atoms with Crippen LogP contribution >= 0.6 is 0 Å². The second-order valence-electron chi connectivity index (χ2n) is 6.79. The first-order chi connectivity index (χ1) is 13.1. The van der Waals surface area contributed by atoms with Gasteiger partial charge in [0, 0.05) is 27.1 Å². The van der Waals surface area contributed by atoms with Crippen LogP contribution < -0.4 is 19.1 Å². The fourth-order valence-electron chi connectivity index (χ4n) is 3.15. The minimum Gasteiger partial charge on any atom is -0.485 e. The third kappa shape index (κ3) is 3.74. The molecule has 2 aromatic rings. The number of fused-ring (bicyclic) bond motifs is 1. The van der Waals surface area contributed by atoms with Gasteiger partial charge in [0.25, 0.3) is 5.91 Å². The first kappa shape index (κ1) is 17.4. The first-order valence-corrected chi connectivity index (χ1v) is 8.93. The van der Waals surface area contributed by atoms with Crippen molar-refractivity contribution in [3.8, 4) is 17.4 Å². The van der Waals surface area contributed by atoms with Crippen molar-refractivity contribution < 1.29 is 19.0 Å². The summed E-state index contributed by atoms with van der Waals surface area (Å²) in [6.45, 7) is 1.33. The first-order valence-electron chi connectivity index (χ1n) is 8.93. The summed E-state index contributed by atoms with van der Waals surface area (Å²) in [5.41, 5.74) is 0. The molecule has 8 heteroatoms. The molecule has 0 radical (unpaired) electrons. The van der Waals surface area contributed by atoms with E-state index in [9.17, 15) is 4.79 Å². The largest absolute Gasteiger partial charge is 0.485 e. The molecule has 0 spiro atoms. The molecule has 0 aliphatic carbocycles. The molecule has 1 aromatic heterocycles. The summed E-state index contributed by atoms with van der Waals surface area (Å²) in [4.78, 5) is 25.0. The van der Waals surface area contributed by atoms with Gasteiger partial charge in [-0.3, -0.25) is 9.78 Å². The molecule has 2 aliphatic rings. The van der Waals surface area contributed by atoms with Crippen LogP contribution in [0.1, 0.15) is 6.42 Å².